The quantitative estimate of drug-likeness (QED) is 0.605. The average molecular weight is 214 g/mol. The molecule has 5 heteroatoms. The molecule has 0 bridgehead atoms. The Morgan fingerprint density at radius 1 is 1.47 bits per heavy atom. The Labute approximate surface area is 89.0 Å². The maximum atomic E-state index is 11.4. The van der Waals surface area contributed by atoms with Gasteiger partial charge in [-0.25, -0.2) is 0 Å². The number of nitrogens with one attached hydrogen (secondary N) is 1. The predicted molar refractivity (Wildman–Crippen MR) is 55.2 cm³/mol. The molecule has 0 spiro atoms. The summed E-state index contributed by atoms with van der Waals surface area (Å²) in [6, 6.07) is 0. The first kappa shape index (κ1) is 12.0. The van der Waals surface area contributed by atoms with E-state index >= 15 is 0 Å². The van der Waals surface area contributed by atoms with Gasteiger partial charge in [-0.3, -0.25) is 9.59 Å². The second-order valence-electron chi connectivity index (χ2n) is 5.03. The molecule has 0 unspecified atom stereocenters. The molecule has 5 nitrogen and oxygen atoms in total. The Balaban J connectivity index is 2.32. The van der Waals surface area contributed by atoms with E-state index in [-0.39, 0.29) is 18.9 Å². The molecule has 15 heavy (non-hydrogen) atoms. The molecule has 0 aliphatic heterocycles. The number of carboxylic acids is 1. The maximum Gasteiger partial charge on any atom is 0.311 e. The van der Waals surface area contributed by atoms with Crippen molar-refractivity contribution in [3.05, 3.63) is 0 Å². The standard InChI is InChI=1S/C10H18N2O3/c1-9(2,11)5-7(13)12-6-10(3-4-10)8(14)15/h3-6,11H2,1-2H3,(H,12,13)(H,14,15). The summed E-state index contributed by atoms with van der Waals surface area (Å²) in [5, 5.41) is 11.5. The molecular weight excluding hydrogens is 196 g/mol. The Kier molecular flexibility index (Phi) is 3.04. The van der Waals surface area contributed by atoms with Crippen molar-refractivity contribution in [2.24, 2.45) is 11.1 Å². The number of carbonyl (C=O) groups excluding carboxylic acids is 1. The van der Waals surface area contributed by atoms with Crippen molar-refractivity contribution >= 4 is 11.9 Å². The van der Waals surface area contributed by atoms with Crippen LogP contribution in [0.4, 0.5) is 0 Å². The third kappa shape index (κ3) is 3.51. The van der Waals surface area contributed by atoms with Gasteiger partial charge >= 0.3 is 5.97 Å². The number of amides is 1. The molecule has 0 saturated heterocycles. The molecule has 0 aromatic heterocycles. The number of hydrogen-bond donors (Lipinski definition) is 3. The molecular formula is C10H18N2O3. The van der Waals surface area contributed by atoms with Gasteiger partial charge in [0, 0.05) is 18.5 Å². The number of rotatable bonds is 5. The van der Waals surface area contributed by atoms with Crippen LogP contribution >= 0.6 is 0 Å². The average Bonchev–Trinajstić information content (AvgIpc) is 2.77. The molecule has 1 fully saturated rings. The summed E-state index contributed by atoms with van der Waals surface area (Å²) in [4.78, 5) is 22.2. The van der Waals surface area contributed by atoms with E-state index in [2.05, 4.69) is 5.32 Å². The first-order valence-electron chi connectivity index (χ1n) is 5.04. The number of hydrogen-bond acceptors (Lipinski definition) is 3. The summed E-state index contributed by atoms with van der Waals surface area (Å²) in [6.45, 7) is 3.74. The molecule has 1 aliphatic carbocycles. The van der Waals surface area contributed by atoms with E-state index < -0.39 is 16.9 Å². The zero-order valence-electron chi connectivity index (χ0n) is 9.17. The zero-order chi connectivity index (χ0) is 11.7. The highest BCUT2D eigenvalue weighted by molar-refractivity contribution is 5.81. The lowest BCUT2D eigenvalue weighted by molar-refractivity contribution is -0.143. The van der Waals surface area contributed by atoms with E-state index in [9.17, 15) is 9.59 Å². The Morgan fingerprint density at radius 3 is 2.33 bits per heavy atom. The monoisotopic (exact) mass is 214 g/mol. The molecule has 0 heterocycles. The van der Waals surface area contributed by atoms with Crippen molar-refractivity contribution in [2.45, 2.75) is 38.6 Å². The lowest BCUT2D eigenvalue weighted by Crippen LogP contribution is -2.41. The summed E-state index contributed by atoms with van der Waals surface area (Å²) in [5.41, 5.74) is 4.42. The van der Waals surface area contributed by atoms with E-state index in [0.717, 1.165) is 0 Å². The molecule has 0 aromatic carbocycles. The summed E-state index contributed by atoms with van der Waals surface area (Å²) in [6.07, 6.45) is 1.51. The summed E-state index contributed by atoms with van der Waals surface area (Å²) in [7, 11) is 0. The van der Waals surface area contributed by atoms with Crippen LogP contribution in [0.5, 0.6) is 0 Å². The third-order valence-corrected chi connectivity index (χ3v) is 2.55. The van der Waals surface area contributed by atoms with E-state index in [0.29, 0.717) is 12.8 Å². The Morgan fingerprint density at radius 2 is 2.00 bits per heavy atom. The fraction of sp³-hybridized carbons (Fsp3) is 0.800. The van der Waals surface area contributed by atoms with Crippen LogP contribution in [0.2, 0.25) is 0 Å². The van der Waals surface area contributed by atoms with Crippen molar-refractivity contribution in [3.8, 4) is 0 Å². The van der Waals surface area contributed by atoms with Crippen molar-refractivity contribution < 1.29 is 14.7 Å². The van der Waals surface area contributed by atoms with Crippen LogP contribution < -0.4 is 11.1 Å². The normalized spacial score (nSPS) is 18.3. The van der Waals surface area contributed by atoms with Crippen molar-refractivity contribution in [1.29, 1.82) is 0 Å². The van der Waals surface area contributed by atoms with Gasteiger partial charge in [-0.15, -0.1) is 0 Å². The van der Waals surface area contributed by atoms with Crippen LogP contribution in [0.1, 0.15) is 33.1 Å². The Bertz CT molecular complexity index is 277. The maximum absolute atomic E-state index is 11.4. The second-order valence-corrected chi connectivity index (χ2v) is 5.03. The summed E-state index contributed by atoms with van der Waals surface area (Å²) >= 11 is 0. The van der Waals surface area contributed by atoms with Crippen LogP contribution in [0.25, 0.3) is 0 Å². The molecule has 1 saturated carbocycles. The first-order valence-corrected chi connectivity index (χ1v) is 5.04. The van der Waals surface area contributed by atoms with Crippen LogP contribution in [-0.4, -0.2) is 29.1 Å². The lowest BCUT2D eigenvalue weighted by Gasteiger charge is -2.18. The molecule has 0 aromatic rings. The first-order chi connectivity index (χ1) is 6.75. The SMILES string of the molecule is CC(C)(N)CC(=O)NCC1(C(=O)O)CC1. The number of nitrogens with two attached hydrogens (primary N) is 1. The van der Waals surface area contributed by atoms with Gasteiger partial charge in [-0.2, -0.15) is 0 Å². The van der Waals surface area contributed by atoms with Crippen LogP contribution in [0, 0.1) is 5.41 Å². The highest BCUT2D eigenvalue weighted by Crippen LogP contribution is 2.45. The van der Waals surface area contributed by atoms with Gasteiger partial charge < -0.3 is 16.2 Å². The topological polar surface area (TPSA) is 92.4 Å². The molecule has 1 aliphatic rings. The number of aliphatic carboxylic acids is 1. The summed E-state index contributed by atoms with van der Waals surface area (Å²) < 4.78 is 0. The second kappa shape index (κ2) is 3.81. The predicted octanol–water partition coefficient (Wildman–Crippen LogP) is 0.0948. The van der Waals surface area contributed by atoms with E-state index in [1.807, 2.05) is 0 Å². The van der Waals surface area contributed by atoms with Crippen LogP contribution in [0.3, 0.4) is 0 Å². The zero-order valence-corrected chi connectivity index (χ0v) is 9.17. The molecule has 4 N–H and O–H groups in total. The summed E-state index contributed by atoms with van der Waals surface area (Å²) in [5.74, 6) is -1.01. The minimum absolute atomic E-state index is 0.185. The molecule has 86 valence electrons. The fourth-order valence-corrected chi connectivity index (χ4v) is 1.36. The van der Waals surface area contributed by atoms with E-state index in [4.69, 9.17) is 10.8 Å². The number of carbonyl (C=O) groups is 2. The van der Waals surface area contributed by atoms with Crippen molar-refractivity contribution in [2.75, 3.05) is 6.54 Å². The Hall–Kier alpha value is -1.10. The van der Waals surface area contributed by atoms with Gasteiger partial charge in [0.15, 0.2) is 0 Å². The fourth-order valence-electron chi connectivity index (χ4n) is 1.36. The van der Waals surface area contributed by atoms with Gasteiger partial charge in [-0.05, 0) is 26.7 Å². The van der Waals surface area contributed by atoms with Gasteiger partial charge in [0.05, 0.1) is 5.41 Å². The van der Waals surface area contributed by atoms with E-state index in [1.165, 1.54) is 0 Å². The van der Waals surface area contributed by atoms with Crippen LogP contribution in [0.15, 0.2) is 0 Å². The van der Waals surface area contributed by atoms with Gasteiger partial charge in [0.25, 0.3) is 0 Å². The van der Waals surface area contributed by atoms with Crippen molar-refractivity contribution in [1.82, 2.24) is 5.32 Å². The highest BCUT2D eigenvalue weighted by atomic mass is 16.4. The number of carboxylic acid groups (broad SMARTS) is 1. The largest absolute Gasteiger partial charge is 0.481 e. The molecule has 1 rings (SSSR count). The molecule has 0 atom stereocenters. The minimum atomic E-state index is -0.824. The van der Waals surface area contributed by atoms with Gasteiger partial charge in [-0.1, -0.05) is 0 Å². The van der Waals surface area contributed by atoms with Crippen molar-refractivity contribution in [3.63, 3.8) is 0 Å². The third-order valence-electron chi connectivity index (χ3n) is 2.55. The molecule has 0 radical (unpaired) electrons. The lowest BCUT2D eigenvalue weighted by atomic mass is 10.0. The van der Waals surface area contributed by atoms with Gasteiger partial charge in [0.1, 0.15) is 0 Å². The van der Waals surface area contributed by atoms with Gasteiger partial charge in [0.2, 0.25) is 5.91 Å². The highest BCUT2D eigenvalue weighted by Gasteiger charge is 2.50. The van der Waals surface area contributed by atoms with Crippen LogP contribution in [-0.2, 0) is 9.59 Å². The minimum Gasteiger partial charge on any atom is -0.481 e. The smallest absolute Gasteiger partial charge is 0.311 e. The molecule has 1 amide bonds. The van der Waals surface area contributed by atoms with E-state index in [1.54, 1.807) is 13.8 Å².